The average Bonchev–Trinajstić information content (AvgIpc) is 3.24. The van der Waals surface area contributed by atoms with Crippen molar-refractivity contribution in [2.75, 3.05) is 37.7 Å². The van der Waals surface area contributed by atoms with Crippen LogP contribution in [0.2, 0.25) is 0 Å². The number of carbonyl (C=O) groups excluding carboxylic acids is 1. The highest BCUT2D eigenvalue weighted by Crippen LogP contribution is 2.29. The van der Waals surface area contributed by atoms with E-state index in [2.05, 4.69) is 21.9 Å². The summed E-state index contributed by atoms with van der Waals surface area (Å²) < 4.78 is 27.1. The lowest BCUT2D eigenvalue weighted by atomic mass is 10.1. The van der Waals surface area contributed by atoms with Gasteiger partial charge in [-0.05, 0) is 42.8 Å². The first-order chi connectivity index (χ1) is 17.4. The van der Waals surface area contributed by atoms with E-state index in [9.17, 15) is 19.1 Å². The maximum Gasteiger partial charge on any atom is 0.415 e. The van der Waals surface area contributed by atoms with Gasteiger partial charge in [-0.3, -0.25) is 9.69 Å². The van der Waals surface area contributed by atoms with Crippen LogP contribution in [0.15, 0.2) is 47.4 Å². The molecule has 4 heterocycles. The lowest BCUT2D eigenvalue weighted by molar-refractivity contribution is 0.140. The third kappa shape index (κ3) is 4.67. The highest BCUT2D eigenvalue weighted by Gasteiger charge is 2.33. The van der Waals surface area contributed by atoms with E-state index in [1.54, 1.807) is 12.1 Å². The second kappa shape index (κ2) is 10.0. The van der Waals surface area contributed by atoms with Gasteiger partial charge in [0.25, 0.3) is 5.56 Å². The number of aliphatic hydroxyl groups excluding tert-OH is 1. The van der Waals surface area contributed by atoms with Crippen LogP contribution in [0.5, 0.6) is 5.75 Å². The molecule has 1 fully saturated rings. The predicted molar refractivity (Wildman–Crippen MR) is 130 cm³/mol. The minimum Gasteiger partial charge on any atom is -0.487 e. The summed E-state index contributed by atoms with van der Waals surface area (Å²) in [6.07, 6.45) is 1.15. The number of cyclic esters (lactones) is 1. The first kappa shape index (κ1) is 23.9. The molecule has 0 spiro atoms. The van der Waals surface area contributed by atoms with Crippen molar-refractivity contribution < 1.29 is 23.8 Å². The molecule has 10 nitrogen and oxygen atoms in total. The van der Waals surface area contributed by atoms with Gasteiger partial charge >= 0.3 is 6.09 Å². The number of nitrogens with one attached hydrogen (secondary N) is 1. The maximum atomic E-state index is 14.7. The van der Waals surface area contributed by atoms with E-state index in [0.717, 1.165) is 11.3 Å². The van der Waals surface area contributed by atoms with Crippen molar-refractivity contribution in [3.05, 3.63) is 70.0 Å². The number of benzene rings is 1. The molecule has 1 aromatic carbocycles. The number of fused-ring (bicyclic) bond motifs is 2. The molecule has 11 heteroatoms. The second-order valence-electron chi connectivity index (χ2n) is 8.77. The molecule has 2 N–H and O–H groups in total. The Balaban J connectivity index is 1.22. The van der Waals surface area contributed by atoms with Gasteiger partial charge in [0, 0.05) is 25.1 Å². The molecule has 0 unspecified atom stereocenters. The normalized spacial score (nSPS) is 17.3. The molecule has 2 aromatic heterocycles. The molecule has 188 valence electrons. The van der Waals surface area contributed by atoms with Gasteiger partial charge in [-0.1, -0.05) is 6.58 Å². The maximum absolute atomic E-state index is 14.7. The predicted octanol–water partition coefficient (Wildman–Crippen LogP) is 1.57. The van der Waals surface area contributed by atoms with Crippen LogP contribution in [0.3, 0.4) is 0 Å². The van der Waals surface area contributed by atoms with Crippen LogP contribution in [0.4, 0.5) is 15.0 Å². The summed E-state index contributed by atoms with van der Waals surface area (Å²) in [5.74, 6) is 0.732. The van der Waals surface area contributed by atoms with E-state index < -0.39 is 23.6 Å². The summed E-state index contributed by atoms with van der Waals surface area (Å²) in [5.41, 5.74) is 2.45. The number of ether oxygens (including phenoxy) is 2. The van der Waals surface area contributed by atoms with Gasteiger partial charge in [0.1, 0.15) is 30.1 Å². The molecule has 1 atom stereocenters. The molecule has 1 saturated heterocycles. The number of aromatic nitrogens is 3. The number of pyridine rings is 1. The topological polar surface area (TPSA) is 119 Å². The number of nitrogens with zero attached hydrogens (tertiary/aromatic N) is 4. The number of anilines is 1. The molecule has 0 bridgehead atoms. The Morgan fingerprint density at radius 2 is 2.11 bits per heavy atom. The first-order valence-corrected chi connectivity index (χ1v) is 11.7. The zero-order chi connectivity index (χ0) is 25.2. The van der Waals surface area contributed by atoms with E-state index in [4.69, 9.17) is 9.47 Å². The van der Waals surface area contributed by atoms with Gasteiger partial charge < -0.3 is 24.5 Å². The first-order valence-electron chi connectivity index (χ1n) is 11.7. The summed E-state index contributed by atoms with van der Waals surface area (Å²) in [6.45, 7) is 5.26. The number of halogens is 1. The Kier molecular flexibility index (Phi) is 6.66. The molecule has 2 aliphatic rings. The minimum atomic E-state index is -0.482. The third-order valence-electron chi connectivity index (χ3n) is 6.22. The van der Waals surface area contributed by atoms with Crippen molar-refractivity contribution in [3.63, 3.8) is 0 Å². The van der Waals surface area contributed by atoms with E-state index in [0.29, 0.717) is 60.8 Å². The van der Waals surface area contributed by atoms with Gasteiger partial charge in [0.15, 0.2) is 0 Å². The Hall–Kier alpha value is -3.83. The summed E-state index contributed by atoms with van der Waals surface area (Å²) >= 11 is 0. The average molecular weight is 496 g/mol. The van der Waals surface area contributed by atoms with Gasteiger partial charge in [-0.15, -0.1) is 0 Å². The quantitative estimate of drug-likeness (QED) is 0.357. The van der Waals surface area contributed by atoms with E-state index >= 15 is 0 Å². The molecule has 1 amide bonds. The van der Waals surface area contributed by atoms with Gasteiger partial charge in [-0.2, -0.15) is 0 Å². The number of amides is 1. The van der Waals surface area contributed by atoms with Gasteiger partial charge in [0.2, 0.25) is 0 Å². The van der Waals surface area contributed by atoms with E-state index in [1.807, 2.05) is 0 Å². The Labute approximate surface area is 206 Å². The molecule has 0 aliphatic carbocycles. The lowest BCUT2D eigenvalue weighted by Gasteiger charge is -2.20. The fraction of sp³-hybridized carbons (Fsp3) is 0.360. The molecule has 0 radical (unpaired) electrons. The standard InChI is InChI=1S/C25H26FN5O5/c1-15-10-20-21(35-14-15)4-5-22(29-20)31-13-16(36-25(31)34)11-27-7-6-17-18(26)2-3-19-24(17)30(8-9-32)23(33)12-28-19/h2-5,12,16,27,32H,1,6-11,13-14H2/t16-/m0/s1. The summed E-state index contributed by atoms with van der Waals surface area (Å²) in [7, 11) is 0. The monoisotopic (exact) mass is 495 g/mol. The van der Waals surface area contributed by atoms with Crippen molar-refractivity contribution in [3.8, 4) is 5.75 Å². The van der Waals surface area contributed by atoms with Crippen LogP contribution in [0.1, 0.15) is 11.3 Å². The lowest BCUT2D eigenvalue weighted by Crippen LogP contribution is -2.32. The third-order valence-corrected chi connectivity index (χ3v) is 6.22. The fourth-order valence-electron chi connectivity index (χ4n) is 4.51. The highest BCUT2D eigenvalue weighted by atomic mass is 19.1. The van der Waals surface area contributed by atoms with Crippen LogP contribution < -0.4 is 20.5 Å². The van der Waals surface area contributed by atoms with E-state index in [-0.39, 0.29) is 19.6 Å². The zero-order valence-electron chi connectivity index (χ0n) is 19.6. The fourth-order valence-corrected chi connectivity index (χ4v) is 4.51. The Morgan fingerprint density at radius 1 is 1.25 bits per heavy atom. The van der Waals surface area contributed by atoms with Crippen LogP contribution >= 0.6 is 0 Å². The smallest absolute Gasteiger partial charge is 0.415 e. The Bertz CT molecular complexity index is 1390. The van der Waals surface area contributed by atoms with Crippen molar-refractivity contribution in [2.24, 2.45) is 0 Å². The van der Waals surface area contributed by atoms with Crippen molar-refractivity contribution in [1.82, 2.24) is 19.9 Å². The van der Waals surface area contributed by atoms with Gasteiger partial charge in [0.05, 0.1) is 36.1 Å². The molecule has 5 rings (SSSR count). The number of hydrogen-bond acceptors (Lipinski definition) is 8. The Morgan fingerprint density at radius 3 is 2.94 bits per heavy atom. The molecular weight excluding hydrogens is 469 g/mol. The molecular formula is C25H26FN5O5. The molecule has 2 aliphatic heterocycles. The van der Waals surface area contributed by atoms with Crippen molar-refractivity contribution >= 4 is 22.9 Å². The molecule has 36 heavy (non-hydrogen) atoms. The zero-order valence-corrected chi connectivity index (χ0v) is 19.6. The SMILES string of the molecule is C=C1COc2ccc(N3C[C@H](CNCCc4c(F)ccc5ncc(=O)n(CCO)c45)OC3=O)nc2C1. The van der Waals surface area contributed by atoms with Crippen molar-refractivity contribution in [2.45, 2.75) is 25.5 Å². The van der Waals surface area contributed by atoms with Crippen LogP contribution in [-0.2, 0) is 24.1 Å². The second-order valence-corrected chi connectivity index (χ2v) is 8.77. The molecule has 3 aromatic rings. The van der Waals surface area contributed by atoms with Crippen molar-refractivity contribution in [1.29, 1.82) is 0 Å². The van der Waals surface area contributed by atoms with Crippen LogP contribution in [0, 0.1) is 5.82 Å². The number of aliphatic hydroxyl groups is 1. The summed E-state index contributed by atoms with van der Waals surface area (Å²) in [5, 5.41) is 12.6. The number of rotatable bonds is 8. The minimum absolute atomic E-state index is 0.0482. The highest BCUT2D eigenvalue weighted by molar-refractivity contribution is 5.88. The summed E-state index contributed by atoms with van der Waals surface area (Å²) in [4.78, 5) is 34.9. The largest absolute Gasteiger partial charge is 0.487 e. The van der Waals surface area contributed by atoms with Crippen LogP contribution in [-0.4, -0.2) is 64.7 Å². The van der Waals surface area contributed by atoms with Crippen LogP contribution in [0.25, 0.3) is 11.0 Å². The van der Waals surface area contributed by atoms with E-state index in [1.165, 1.54) is 27.8 Å². The van der Waals surface area contributed by atoms with Gasteiger partial charge in [-0.25, -0.2) is 19.2 Å². The number of carbonyl (C=O) groups is 1. The number of hydrogen-bond donors (Lipinski definition) is 2. The molecule has 0 saturated carbocycles. The summed E-state index contributed by atoms with van der Waals surface area (Å²) in [6, 6.07) is 6.36.